The highest BCUT2D eigenvalue weighted by atomic mass is 16.5. The number of rotatable bonds is 2. The van der Waals surface area contributed by atoms with Crippen molar-refractivity contribution < 1.29 is 9.84 Å². The Balaban J connectivity index is 2.38. The van der Waals surface area contributed by atoms with E-state index in [1.807, 2.05) is 0 Å². The molecule has 9 heavy (non-hydrogen) atoms. The number of aliphatic hydroxyl groups excluding tert-OH is 1. The molecule has 0 saturated carbocycles. The lowest BCUT2D eigenvalue weighted by atomic mass is 10.1. The van der Waals surface area contributed by atoms with Crippen LogP contribution in [0.2, 0.25) is 0 Å². The van der Waals surface area contributed by atoms with Crippen LogP contribution in [0.5, 0.6) is 0 Å². The molecule has 0 bridgehead atoms. The lowest BCUT2D eigenvalue weighted by Gasteiger charge is -2.01. The van der Waals surface area contributed by atoms with Gasteiger partial charge in [-0.3, -0.25) is 0 Å². The molecular weight excluding hydrogens is 116 g/mol. The summed E-state index contributed by atoms with van der Waals surface area (Å²) < 4.78 is 4.91. The Morgan fingerprint density at radius 3 is 3.11 bits per heavy atom. The second-order valence-corrected chi connectivity index (χ2v) is 2.29. The molecule has 0 fully saturated rings. The highest BCUT2D eigenvalue weighted by molar-refractivity contribution is 5.08. The molecule has 0 aromatic carbocycles. The Bertz CT molecular complexity index is 118. The maximum atomic E-state index is 9.13. The zero-order chi connectivity index (χ0) is 6.69. The van der Waals surface area contributed by atoms with Gasteiger partial charge in [0.15, 0.2) is 0 Å². The van der Waals surface area contributed by atoms with Gasteiger partial charge in [0.1, 0.15) is 12.7 Å². The lowest BCUT2D eigenvalue weighted by molar-refractivity contribution is 0.141. The molecule has 2 nitrogen and oxygen atoms in total. The van der Waals surface area contributed by atoms with Crippen molar-refractivity contribution in [1.82, 2.24) is 0 Å². The van der Waals surface area contributed by atoms with E-state index >= 15 is 0 Å². The molecule has 0 aromatic heterocycles. The summed E-state index contributed by atoms with van der Waals surface area (Å²) in [6.07, 6.45) is 3.38. The molecule has 1 rings (SSSR count). The monoisotopic (exact) mass is 128 g/mol. The first-order valence-electron chi connectivity index (χ1n) is 3.33. The summed E-state index contributed by atoms with van der Waals surface area (Å²) in [6.45, 7) is 2.54. The van der Waals surface area contributed by atoms with E-state index in [0.717, 1.165) is 18.4 Å². The molecular formula is C7H12O2. The molecule has 2 heteroatoms. The van der Waals surface area contributed by atoms with Crippen molar-refractivity contribution in [2.24, 2.45) is 0 Å². The van der Waals surface area contributed by atoms with Gasteiger partial charge < -0.3 is 9.84 Å². The summed E-state index contributed by atoms with van der Waals surface area (Å²) in [4.78, 5) is 0. The smallest absolute Gasteiger partial charge is 0.117 e. The van der Waals surface area contributed by atoms with E-state index in [9.17, 15) is 0 Å². The Hall–Kier alpha value is -0.500. The van der Waals surface area contributed by atoms with Crippen LogP contribution in [0.15, 0.2) is 11.8 Å². The zero-order valence-corrected chi connectivity index (χ0v) is 5.63. The molecule has 1 aliphatic heterocycles. The van der Waals surface area contributed by atoms with Crippen LogP contribution >= 0.6 is 0 Å². The molecule has 0 spiro atoms. The summed E-state index contributed by atoms with van der Waals surface area (Å²) in [5.41, 5.74) is 1.04. The van der Waals surface area contributed by atoms with Crippen molar-refractivity contribution in [2.45, 2.75) is 25.9 Å². The minimum atomic E-state index is -0.329. The van der Waals surface area contributed by atoms with E-state index in [1.54, 1.807) is 6.26 Å². The first-order valence-corrected chi connectivity index (χ1v) is 3.33. The third-order valence-electron chi connectivity index (χ3n) is 1.46. The largest absolute Gasteiger partial charge is 0.498 e. The van der Waals surface area contributed by atoms with Gasteiger partial charge in [-0.25, -0.2) is 0 Å². The first-order chi connectivity index (χ1) is 4.34. The van der Waals surface area contributed by atoms with Crippen LogP contribution in [0.25, 0.3) is 0 Å². The molecule has 0 radical (unpaired) electrons. The van der Waals surface area contributed by atoms with Gasteiger partial charge in [0.2, 0.25) is 0 Å². The molecule has 1 aliphatic rings. The third kappa shape index (κ3) is 1.45. The molecule has 0 aromatic rings. The van der Waals surface area contributed by atoms with Crippen molar-refractivity contribution >= 4 is 0 Å². The standard InChI is InChI=1S/C7H12O2/c1-2-3-6-4-9-5-7(6)8/h4,7-8H,2-3,5H2,1H3. The van der Waals surface area contributed by atoms with Crippen molar-refractivity contribution in [3.63, 3.8) is 0 Å². The fourth-order valence-electron chi connectivity index (χ4n) is 0.946. The van der Waals surface area contributed by atoms with Crippen molar-refractivity contribution in [2.75, 3.05) is 6.61 Å². The van der Waals surface area contributed by atoms with E-state index in [-0.39, 0.29) is 6.10 Å². The average molecular weight is 128 g/mol. The molecule has 1 atom stereocenters. The Morgan fingerprint density at radius 2 is 2.67 bits per heavy atom. The molecule has 1 N–H and O–H groups in total. The molecule has 0 aliphatic carbocycles. The van der Waals surface area contributed by atoms with Gasteiger partial charge in [-0.05, 0) is 12.0 Å². The Kier molecular flexibility index (Phi) is 2.11. The Labute approximate surface area is 55.1 Å². The van der Waals surface area contributed by atoms with Crippen molar-refractivity contribution in [3.8, 4) is 0 Å². The summed E-state index contributed by atoms with van der Waals surface area (Å²) in [5.74, 6) is 0. The van der Waals surface area contributed by atoms with Crippen LogP contribution in [-0.2, 0) is 4.74 Å². The van der Waals surface area contributed by atoms with Gasteiger partial charge in [0.05, 0.1) is 6.26 Å². The van der Waals surface area contributed by atoms with Gasteiger partial charge in [-0.1, -0.05) is 13.3 Å². The second kappa shape index (κ2) is 2.87. The van der Waals surface area contributed by atoms with Gasteiger partial charge in [0.25, 0.3) is 0 Å². The van der Waals surface area contributed by atoms with E-state index in [0.29, 0.717) is 6.61 Å². The van der Waals surface area contributed by atoms with Crippen LogP contribution in [0.1, 0.15) is 19.8 Å². The van der Waals surface area contributed by atoms with Crippen molar-refractivity contribution in [3.05, 3.63) is 11.8 Å². The van der Waals surface area contributed by atoms with E-state index in [2.05, 4.69) is 6.92 Å². The SMILES string of the molecule is CCCC1=COCC1O. The zero-order valence-electron chi connectivity index (χ0n) is 5.63. The normalized spacial score (nSPS) is 25.6. The maximum absolute atomic E-state index is 9.13. The minimum Gasteiger partial charge on any atom is -0.498 e. The predicted molar refractivity (Wildman–Crippen MR) is 34.9 cm³/mol. The Morgan fingerprint density at radius 1 is 1.89 bits per heavy atom. The van der Waals surface area contributed by atoms with Crippen LogP contribution in [-0.4, -0.2) is 17.8 Å². The fraction of sp³-hybridized carbons (Fsp3) is 0.714. The highest BCUT2D eigenvalue weighted by Crippen LogP contribution is 2.15. The van der Waals surface area contributed by atoms with Crippen LogP contribution in [0.3, 0.4) is 0 Å². The number of aliphatic hydroxyl groups is 1. The molecule has 0 saturated heterocycles. The number of hydrogen-bond acceptors (Lipinski definition) is 2. The highest BCUT2D eigenvalue weighted by Gasteiger charge is 2.15. The van der Waals surface area contributed by atoms with Crippen LogP contribution in [0, 0.1) is 0 Å². The van der Waals surface area contributed by atoms with E-state index in [4.69, 9.17) is 9.84 Å². The number of hydrogen-bond donors (Lipinski definition) is 1. The predicted octanol–water partition coefficient (Wildman–Crippen LogP) is 1.06. The maximum Gasteiger partial charge on any atom is 0.117 e. The van der Waals surface area contributed by atoms with Gasteiger partial charge in [0, 0.05) is 0 Å². The molecule has 52 valence electrons. The number of ether oxygens (including phenoxy) is 1. The minimum absolute atomic E-state index is 0.329. The van der Waals surface area contributed by atoms with Gasteiger partial charge >= 0.3 is 0 Å². The average Bonchev–Trinajstić information content (AvgIpc) is 2.18. The lowest BCUT2D eigenvalue weighted by Crippen LogP contribution is -2.09. The summed E-state index contributed by atoms with van der Waals surface area (Å²) in [7, 11) is 0. The second-order valence-electron chi connectivity index (χ2n) is 2.29. The third-order valence-corrected chi connectivity index (χ3v) is 1.46. The summed E-state index contributed by atoms with van der Waals surface area (Å²) in [5, 5.41) is 9.13. The van der Waals surface area contributed by atoms with Gasteiger partial charge in [-0.2, -0.15) is 0 Å². The molecule has 1 unspecified atom stereocenters. The van der Waals surface area contributed by atoms with Crippen molar-refractivity contribution in [1.29, 1.82) is 0 Å². The van der Waals surface area contributed by atoms with Gasteiger partial charge in [-0.15, -0.1) is 0 Å². The molecule has 1 heterocycles. The molecule has 0 amide bonds. The topological polar surface area (TPSA) is 29.5 Å². The fourth-order valence-corrected chi connectivity index (χ4v) is 0.946. The summed E-state index contributed by atoms with van der Waals surface area (Å²) in [6, 6.07) is 0. The van der Waals surface area contributed by atoms with Crippen LogP contribution in [0.4, 0.5) is 0 Å². The van der Waals surface area contributed by atoms with E-state index < -0.39 is 0 Å². The first kappa shape index (κ1) is 6.62. The quantitative estimate of drug-likeness (QED) is 0.602. The van der Waals surface area contributed by atoms with E-state index in [1.165, 1.54) is 0 Å². The van der Waals surface area contributed by atoms with Crippen LogP contribution < -0.4 is 0 Å². The summed E-state index contributed by atoms with van der Waals surface area (Å²) >= 11 is 0.